The van der Waals surface area contributed by atoms with Crippen LogP contribution in [0.15, 0.2) is 60.1 Å². The van der Waals surface area contributed by atoms with Crippen molar-refractivity contribution >= 4 is 0 Å². The molecule has 1 aliphatic carbocycles. The van der Waals surface area contributed by atoms with Crippen LogP contribution in [0.5, 0.6) is 0 Å². The average molecular weight is 413 g/mol. The summed E-state index contributed by atoms with van der Waals surface area (Å²) < 4.78 is 0. The molecule has 0 saturated heterocycles. The fraction of sp³-hybridized carbons (Fsp3) is 0.643. The van der Waals surface area contributed by atoms with Gasteiger partial charge in [0, 0.05) is 23.6 Å². The lowest BCUT2D eigenvalue weighted by atomic mass is 9.85. The van der Waals surface area contributed by atoms with E-state index < -0.39 is 0 Å². The predicted molar refractivity (Wildman–Crippen MR) is 135 cm³/mol. The molecule has 0 fully saturated rings. The molecular formula is C28H48N2. The van der Waals surface area contributed by atoms with Crippen molar-refractivity contribution in [1.29, 1.82) is 0 Å². The highest BCUT2D eigenvalue weighted by Crippen LogP contribution is 2.31. The molecule has 0 aliphatic heterocycles. The molecule has 2 nitrogen and oxygen atoms in total. The lowest BCUT2D eigenvalue weighted by molar-refractivity contribution is 0.339. The predicted octanol–water partition coefficient (Wildman–Crippen LogP) is 8.11. The van der Waals surface area contributed by atoms with Gasteiger partial charge in [0.15, 0.2) is 0 Å². The first-order valence-electron chi connectivity index (χ1n) is 11.9. The summed E-state index contributed by atoms with van der Waals surface area (Å²) in [6.07, 6.45) is 16.8. The van der Waals surface area contributed by atoms with Crippen molar-refractivity contribution in [1.82, 2.24) is 4.90 Å². The van der Waals surface area contributed by atoms with Crippen molar-refractivity contribution in [2.24, 2.45) is 23.5 Å². The molecule has 0 bridgehead atoms. The monoisotopic (exact) mass is 412 g/mol. The van der Waals surface area contributed by atoms with Crippen LogP contribution in [0.25, 0.3) is 0 Å². The minimum absolute atomic E-state index is 0.0557. The number of rotatable bonds is 13. The van der Waals surface area contributed by atoms with Crippen LogP contribution in [0.4, 0.5) is 0 Å². The van der Waals surface area contributed by atoms with E-state index in [-0.39, 0.29) is 5.54 Å². The highest BCUT2D eigenvalue weighted by atomic mass is 15.1. The molecule has 4 atom stereocenters. The highest BCUT2D eigenvalue weighted by molar-refractivity contribution is 5.38. The van der Waals surface area contributed by atoms with E-state index in [0.29, 0.717) is 17.8 Å². The van der Waals surface area contributed by atoms with Gasteiger partial charge in [0.1, 0.15) is 0 Å². The van der Waals surface area contributed by atoms with Gasteiger partial charge in [0.2, 0.25) is 0 Å². The summed E-state index contributed by atoms with van der Waals surface area (Å²) in [6.45, 7) is 23.8. The van der Waals surface area contributed by atoms with E-state index in [0.717, 1.165) is 32.1 Å². The van der Waals surface area contributed by atoms with E-state index in [9.17, 15) is 0 Å². The molecule has 0 aromatic heterocycles. The van der Waals surface area contributed by atoms with E-state index in [1.165, 1.54) is 35.3 Å². The Morgan fingerprint density at radius 3 is 2.50 bits per heavy atom. The van der Waals surface area contributed by atoms with Gasteiger partial charge in [-0.3, -0.25) is 0 Å². The van der Waals surface area contributed by atoms with Gasteiger partial charge in [-0.1, -0.05) is 57.9 Å². The first-order chi connectivity index (χ1) is 14.0. The minimum atomic E-state index is -0.0557. The SMILES string of the molecule is C=CN(C=CC(C)C(C)CCCC(C)(N)CCCC(=C)C)C1=C(C)CC(C)C=C1C. The number of allylic oxidation sites excluding steroid dienone is 5. The van der Waals surface area contributed by atoms with Crippen LogP contribution in [0.2, 0.25) is 0 Å². The molecule has 0 radical (unpaired) electrons. The summed E-state index contributed by atoms with van der Waals surface area (Å²) in [5.74, 6) is 1.78. The molecule has 2 N–H and O–H groups in total. The first-order valence-corrected chi connectivity index (χ1v) is 11.9. The van der Waals surface area contributed by atoms with E-state index in [2.05, 4.69) is 84.9 Å². The van der Waals surface area contributed by atoms with Crippen molar-refractivity contribution in [3.8, 4) is 0 Å². The summed E-state index contributed by atoms with van der Waals surface area (Å²) in [5.41, 5.74) is 11.8. The summed E-state index contributed by atoms with van der Waals surface area (Å²) >= 11 is 0. The second-order valence-electron chi connectivity index (χ2n) is 10.3. The third-order valence-electron chi connectivity index (χ3n) is 6.60. The quantitative estimate of drug-likeness (QED) is 0.309. The zero-order chi connectivity index (χ0) is 22.9. The Balaban J connectivity index is 2.56. The van der Waals surface area contributed by atoms with E-state index in [4.69, 9.17) is 5.73 Å². The number of nitrogens with zero attached hydrogens (tertiary/aromatic N) is 1. The zero-order valence-electron chi connectivity index (χ0n) is 20.9. The molecule has 1 aliphatic rings. The molecule has 1 rings (SSSR count). The Kier molecular flexibility index (Phi) is 10.9. The molecular weight excluding hydrogens is 364 g/mol. The van der Waals surface area contributed by atoms with Gasteiger partial charge < -0.3 is 10.6 Å². The molecule has 0 aromatic rings. The van der Waals surface area contributed by atoms with Crippen molar-refractivity contribution in [3.05, 3.63) is 60.1 Å². The van der Waals surface area contributed by atoms with Gasteiger partial charge in [-0.25, -0.2) is 0 Å². The summed E-state index contributed by atoms with van der Waals surface area (Å²) in [7, 11) is 0. The van der Waals surface area contributed by atoms with Crippen molar-refractivity contribution in [2.75, 3.05) is 0 Å². The van der Waals surface area contributed by atoms with E-state index in [1.54, 1.807) is 0 Å². The van der Waals surface area contributed by atoms with Crippen LogP contribution >= 0.6 is 0 Å². The maximum absolute atomic E-state index is 6.53. The third kappa shape index (κ3) is 9.08. The normalized spacial score (nSPS) is 21.2. The maximum Gasteiger partial charge on any atom is 0.0464 e. The maximum atomic E-state index is 6.53. The van der Waals surface area contributed by atoms with Gasteiger partial charge in [-0.15, -0.1) is 6.58 Å². The van der Waals surface area contributed by atoms with Gasteiger partial charge in [-0.2, -0.15) is 0 Å². The second-order valence-corrected chi connectivity index (χ2v) is 10.3. The van der Waals surface area contributed by atoms with Gasteiger partial charge in [0.05, 0.1) is 0 Å². The smallest absolute Gasteiger partial charge is 0.0464 e. The summed E-state index contributed by atoms with van der Waals surface area (Å²) in [5, 5.41) is 0. The Hall–Kier alpha value is -1.54. The lowest BCUT2D eigenvalue weighted by Gasteiger charge is -2.29. The van der Waals surface area contributed by atoms with Crippen LogP contribution in [-0.2, 0) is 0 Å². The van der Waals surface area contributed by atoms with Crippen LogP contribution in [0.3, 0.4) is 0 Å². The van der Waals surface area contributed by atoms with Gasteiger partial charge in [0.25, 0.3) is 0 Å². The average Bonchev–Trinajstić information content (AvgIpc) is 2.62. The highest BCUT2D eigenvalue weighted by Gasteiger charge is 2.20. The summed E-state index contributed by atoms with van der Waals surface area (Å²) in [6, 6.07) is 0. The van der Waals surface area contributed by atoms with Gasteiger partial charge >= 0.3 is 0 Å². The standard InChI is InChI=1S/C28H48N2/c1-10-30(27-25(7)19-22(4)20-26(27)8)18-15-24(6)23(5)14-12-17-28(9,29)16-11-13-21(2)3/h10,15,18-19,22-24H,1-2,11-14,16-17,20,29H2,3-9H3. The molecule has 2 heteroatoms. The molecule has 30 heavy (non-hydrogen) atoms. The van der Waals surface area contributed by atoms with Crippen LogP contribution < -0.4 is 5.73 Å². The molecule has 0 amide bonds. The fourth-order valence-electron chi connectivity index (χ4n) is 4.56. The molecule has 0 aromatic carbocycles. The summed E-state index contributed by atoms with van der Waals surface area (Å²) in [4.78, 5) is 2.20. The Bertz CT molecular complexity index is 662. The van der Waals surface area contributed by atoms with Gasteiger partial charge in [-0.05, 0) is 88.7 Å². The topological polar surface area (TPSA) is 29.3 Å². The molecule has 170 valence electrons. The third-order valence-corrected chi connectivity index (χ3v) is 6.60. The number of hydrogen-bond donors (Lipinski definition) is 1. The second kappa shape index (κ2) is 12.3. The molecule has 0 heterocycles. The van der Waals surface area contributed by atoms with Crippen molar-refractivity contribution in [2.45, 2.75) is 99.0 Å². The Morgan fingerprint density at radius 2 is 1.93 bits per heavy atom. The van der Waals surface area contributed by atoms with Crippen molar-refractivity contribution in [3.63, 3.8) is 0 Å². The van der Waals surface area contributed by atoms with E-state index >= 15 is 0 Å². The number of nitrogens with two attached hydrogens (primary N) is 1. The van der Waals surface area contributed by atoms with E-state index in [1.807, 2.05) is 6.20 Å². The largest absolute Gasteiger partial charge is 0.325 e. The lowest BCUT2D eigenvalue weighted by Crippen LogP contribution is -2.36. The Morgan fingerprint density at radius 1 is 1.30 bits per heavy atom. The van der Waals surface area contributed by atoms with Crippen LogP contribution in [0, 0.1) is 17.8 Å². The molecule has 0 saturated carbocycles. The van der Waals surface area contributed by atoms with Crippen molar-refractivity contribution < 1.29 is 0 Å². The minimum Gasteiger partial charge on any atom is -0.325 e. The Labute approximate surface area is 187 Å². The zero-order valence-corrected chi connectivity index (χ0v) is 20.9. The number of hydrogen-bond acceptors (Lipinski definition) is 2. The fourth-order valence-corrected chi connectivity index (χ4v) is 4.56. The van der Waals surface area contributed by atoms with Crippen LogP contribution in [-0.4, -0.2) is 10.4 Å². The molecule has 4 unspecified atom stereocenters. The molecule has 0 spiro atoms. The first kappa shape index (κ1) is 26.5. The van der Waals surface area contributed by atoms with Crippen LogP contribution in [0.1, 0.15) is 93.4 Å².